The summed E-state index contributed by atoms with van der Waals surface area (Å²) in [7, 11) is 0. The number of hydrogen-bond acceptors (Lipinski definition) is 2. The van der Waals surface area contributed by atoms with E-state index in [1.165, 1.54) is 31.4 Å². The fraction of sp³-hybridized carbons (Fsp3) is 0.333. The zero-order chi connectivity index (χ0) is 23.4. The minimum absolute atomic E-state index is 0.0645. The maximum absolute atomic E-state index is 14.7. The predicted molar refractivity (Wildman–Crippen MR) is 119 cm³/mol. The van der Waals surface area contributed by atoms with E-state index in [-0.39, 0.29) is 5.56 Å². The van der Waals surface area contributed by atoms with Crippen LogP contribution in [0.2, 0.25) is 0 Å². The predicted octanol–water partition coefficient (Wildman–Crippen LogP) is 7.82. The van der Waals surface area contributed by atoms with Crippen LogP contribution in [-0.4, -0.2) is 13.2 Å². The van der Waals surface area contributed by atoms with Gasteiger partial charge in [-0.1, -0.05) is 56.5 Å². The van der Waals surface area contributed by atoms with Gasteiger partial charge in [0.15, 0.2) is 17.9 Å². The fourth-order valence-electron chi connectivity index (χ4n) is 4.09. The van der Waals surface area contributed by atoms with Crippen molar-refractivity contribution in [2.75, 3.05) is 13.2 Å². The zero-order valence-corrected chi connectivity index (χ0v) is 18.4. The van der Waals surface area contributed by atoms with E-state index >= 15 is 0 Å². The molecule has 1 aliphatic heterocycles. The highest BCUT2D eigenvalue weighted by Crippen LogP contribution is 2.33. The minimum Gasteiger partial charge on any atom is -0.348 e. The van der Waals surface area contributed by atoms with Gasteiger partial charge in [-0.3, -0.25) is 0 Å². The number of halogens is 4. The van der Waals surface area contributed by atoms with Crippen LogP contribution in [0, 0.1) is 29.2 Å². The molecule has 3 aromatic carbocycles. The summed E-state index contributed by atoms with van der Waals surface area (Å²) in [6, 6.07) is 12.3. The Bertz CT molecular complexity index is 1070. The van der Waals surface area contributed by atoms with Crippen molar-refractivity contribution in [2.24, 2.45) is 5.92 Å². The first-order valence-corrected chi connectivity index (χ1v) is 11.2. The second-order valence-corrected chi connectivity index (χ2v) is 8.43. The highest BCUT2D eigenvalue weighted by Gasteiger charge is 2.23. The maximum atomic E-state index is 14.7. The molecular formula is C27H26F4O2. The number of unbranched alkanes of at least 4 members (excludes halogenated alkanes) is 2. The zero-order valence-electron chi connectivity index (χ0n) is 18.4. The molecule has 0 N–H and O–H groups in total. The van der Waals surface area contributed by atoms with Crippen LogP contribution in [0.15, 0.2) is 54.6 Å². The largest absolute Gasteiger partial charge is 0.348 e. The van der Waals surface area contributed by atoms with Crippen LogP contribution >= 0.6 is 0 Å². The Labute approximate surface area is 191 Å². The van der Waals surface area contributed by atoms with E-state index in [1.54, 1.807) is 12.1 Å². The van der Waals surface area contributed by atoms with Gasteiger partial charge in [-0.25, -0.2) is 17.6 Å². The van der Waals surface area contributed by atoms with Crippen LogP contribution in [0.25, 0.3) is 22.3 Å². The van der Waals surface area contributed by atoms with Crippen molar-refractivity contribution < 1.29 is 27.0 Å². The van der Waals surface area contributed by atoms with Gasteiger partial charge in [0, 0.05) is 11.5 Å². The third-order valence-electron chi connectivity index (χ3n) is 5.95. The Balaban J connectivity index is 1.46. The van der Waals surface area contributed by atoms with Crippen LogP contribution in [0.1, 0.15) is 44.5 Å². The first kappa shape index (κ1) is 23.5. The van der Waals surface area contributed by atoms with E-state index in [4.69, 9.17) is 9.47 Å². The first-order valence-electron chi connectivity index (χ1n) is 11.2. The number of benzene rings is 3. The second kappa shape index (κ2) is 10.5. The van der Waals surface area contributed by atoms with Gasteiger partial charge in [0.2, 0.25) is 0 Å². The molecule has 0 saturated carbocycles. The molecule has 6 heteroatoms. The summed E-state index contributed by atoms with van der Waals surface area (Å²) in [5.74, 6) is -3.54. The number of rotatable bonds is 7. The molecule has 4 rings (SSSR count). The first-order chi connectivity index (χ1) is 16.0. The van der Waals surface area contributed by atoms with Crippen LogP contribution in [-0.2, 0) is 9.47 Å². The molecule has 1 aliphatic rings. The molecule has 0 spiro atoms. The summed E-state index contributed by atoms with van der Waals surface area (Å²) in [4.78, 5) is 0. The van der Waals surface area contributed by atoms with E-state index in [1.807, 2.05) is 12.1 Å². The number of ether oxygens (including phenoxy) is 2. The van der Waals surface area contributed by atoms with Crippen molar-refractivity contribution in [1.29, 1.82) is 0 Å². The molecule has 0 unspecified atom stereocenters. The molecular weight excluding hydrogens is 432 g/mol. The van der Waals surface area contributed by atoms with Gasteiger partial charge in [0.05, 0.1) is 18.8 Å². The maximum Gasteiger partial charge on any atom is 0.183 e. The Kier molecular flexibility index (Phi) is 7.46. The van der Waals surface area contributed by atoms with Crippen molar-refractivity contribution in [3.63, 3.8) is 0 Å². The second-order valence-electron chi connectivity index (χ2n) is 8.43. The van der Waals surface area contributed by atoms with Crippen molar-refractivity contribution in [1.82, 2.24) is 0 Å². The van der Waals surface area contributed by atoms with Crippen molar-refractivity contribution in [3.05, 3.63) is 83.4 Å². The van der Waals surface area contributed by atoms with E-state index < -0.39 is 35.1 Å². The lowest BCUT2D eigenvalue weighted by Gasteiger charge is -2.29. The Morgan fingerprint density at radius 3 is 1.91 bits per heavy atom. The highest BCUT2D eigenvalue weighted by molar-refractivity contribution is 5.72. The molecule has 0 atom stereocenters. The fourth-order valence-corrected chi connectivity index (χ4v) is 4.09. The summed E-state index contributed by atoms with van der Waals surface area (Å²) in [6.45, 7) is 3.48. The average Bonchev–Trinajstić information content (AvgIpc) is 2.82. The van der Waals surface area contributed by atoms with E-state index in [2.05, 4.69) is 6.92 Å². The summed E-state index contributed by atoms with van der Waals surface area (Å²) >= 11 is 0. The smallest absolute Gasteiger partial charge is 0.183 e. The molecule has 0 amide bonds. The van der Waals surface area contributed by atoms with Gasteiger partial charge < -0.3 is 9.47 Å². The topological polar surface area (TPSA) is 18.5 Å². The quantitative estimate of drug-likeness (QED) is 0.265. The average molecular weight is 458 g/mol. The van der Waals surface area contributed by atoms with E-state index in [0.29, 0.717) is 30.3 Å². The van der Waals surface area contributed by atoms with Gasteiger partial charge in [0.1, 0.15) is 11.6 Å². The normalized spacial score (nSPS) is 18.5. The van der Waals surface area contributed by atoms with E-state index in [0.717, 1.165) is 30.2 Å². The van der Waals surface area contributed by atoms with Gasteiger partial charge in [-0.05, 0) is 47.4 Å². The Morgan fingerprint density at radius 1 is 0.697 bits per heavy atom. The van der Waals surface area contributed by atoms with Gasteiger partial charge in [-0.2, -0.15) is 0 Å². The third-order valence-corrected chi connectivity index (χ3v) is 5.95. The van der Waals surface area contributed by atoms with Crippen molar-refractivity contribution in [2.45, 2.75) is 38.9 Å². The Morgan fingerprint density at radius 2 is 1.30 bits per heavy atom. The van der Waals surface area contributed by atoms with Crippen LogP contribution in [0.4, 0.5) is 17.6 Å². The van der Waals surface area contributed by atoms with Crippen LogP contribution < -0.4 is 0 Å². The molecule has 1 heterocycles. The van der Waals surface area contributed by atoms with Crippen molar-refractivity contribution in [3.8, 4) is 22.3 Å². The molecule has 2 nitrogen and oxygen atoms in total. The molecule has 0 aromatic heterocycles. The Hall–Kier alpha value is -2.70. The summed E-state index contributed by atoms with van der Waals surface area (Å²) in [6.07, 6.45) is 4.22. The molecule has 0 radical (unpaired) electrons. The minimum atomic E-state index is -1.16. The highest BCUT2D eigenvalue weighted by atomic mass is 19.2. The molecule has 174 valence electrons. The molecule has 0 aliphatic carbocycles. The van der Waals surface area contributed by atoms with Crippen LogP contribution in [0.5, 0.6) is 0 Å². The summed E-state index contributed by atoms with van der Waals surface area (Å²) in [5, 5.41) is 0. The van der Waals surface area contributed by atoms with Crippen LogP contribution in [0.3, 0.4) is 0 Å². The lowest BCUT2D eigenvalue weighted by molar-refractivity contribution is -0.206. The van der Waals surface area contributed by atoms with Gasteiger partial charge in [0.25, 0.3) is 0 Å². The SMILES string of the molecule is CCCCCC1COC(c2ccc(-c3cc(F)c(-c4ccc(F)c(F)c4)c(F)c3)cc2)OC1. The molecule has 1 saturated heterocycles. The lowest BCUT2D eigenvalue weighted by Crippen LogP contribution is -2.27. The summed E-state index contributed by atoms with van der Waals surface area (Å²) < 4.78 is 67.9. The van der Waals surface area contributed by atoms with Gasteiger partial charge >= 0.3 is 0 Å². The van der Waals surface area contributed by atoms with Gasteiger partial charge in [-0.15, -0.1) is 0 Å². The third kappa shape index (κ3) is 5.45. The van der Waals surface area contributed by atoms with E-state index in [9.17, 15) is 17.6 Å². The summed E-state index contributed by atoms with van der Waals surface area (Å²) in [5.41, 5.74) is 1.33. The molecule has 0 bridgehead atoms. The molecule has 1 fully saturated rings. The monoisotopic (exact) mass is 458 g/mol. The standard InChI is InChI=1S/C27H26F4O2/c1-2-3-4-5-17-15-32-27(33-16-17)19-8-6-18(7-9-19)21-13-24(30)26(25(31)14-21)20-10-11-22(28)23(29)12-20/h6-14,17,27H,2-5,15-16H2,1H3. The molecule has 3 aromatic rings. The van der Waals surface area contributed by atoms with Crippen molar-refractivity contribution >= 4 is 0 Å². The molecule has 33 heavy (non-hydrogen) atoms. The number of hydrogen-bond donors (Lipinski definition) is 0. The lowest BCUT2D eigenvalue weighted by atomic mass is 9.98.